The zero-order valence-electron chi connectivity index (χ0n) is 52.7. The number of hydrogen-bond acceptors (Lipinski definition) is 12. The van der Waals surface area contributed by atoms with Gasteiger partial charge in [0, 0.05) is 42.5 Å². The summed E-state index contributed by atoms with van der Waals surface area (Å²) < 4.78 is 46.8. The molecule has 21 nitrogen and oxygen atoms in total. The number of nitro groups is 1. The fourth-order valence-electron chi connectivity index (χ4n) is 12.0. The molecule has 0 bridgehead atoms. The number of nitro benzene ring substituents is 1. The Balaban J connectivity index is 0.000000120. The average molecular weight is 1390 g/mol. The molecule has 12 aromatic rings. The van der Waals surface area contributed by atoms with Crippen LogP contribution < -0.4 is 9.64 Å². The van der Waals surface area contributed by atoms with Crippen molar-refractivity contribution in [2.24, 2.45) is 20.0 Å². The van der Waals surface area contributed by atoms with Crippen LogP contribution in [0.3, 0.4) is 0 Å². The topological polar surface area (TPSA) is 317 Å². The molecule has 8 heterocycles. The molecular formula is C75H49Cl2F3N10O11. The number of ether oxygens (including phenoxy) is 1. The summed E-state index contributed by atoms with van der Waals surface area (Å²) in [5.41, 5.74) is 8.22. The van der Waals surface area contributed by atoms with Crippen molar-refractivity contribution in [2.75, 3.05) is 26.1 Å². The minimum atomic E-state index is -1.47. The maximum Gasteiger partial charge on any atom is 0.280 e. The minimum absolute atomic E-state index is 0.0123. The Morgan fingerprint density at radius 3 is 1.18 bits per heavy atom. The van der Waals surface area contributed by atoms with Crippen molar-refractivity contribution in [3.63, 3.8) is 0 Å². The lowest BCUT2D eigenvalue weighted by molar-refractivity contribution is -0.385. The Bertz CT molecular complexity index is 5540. The van der Waals surface area contributed by atoms with Crippen LogP contribution >= 0.6 is 23.2 Å². The molecule has 500 valence electrons. The third kappa shape index (κ3) is 12.1. The highest BCUT2D eigenvalue weighted by molar-refractivity contribution is 6.46. The highest BCUT2D eigenvalue weighted by Gasteiger charge is 2.40. The molecule has 16 rings (SSSR count). The van der Waals surface area contributed by atoms with Crippen LogP contribution in [0.15, 0.2) is 214 Å². The number of carbonyl (C=O) groups excluding carboxylic acids is 4. The normalized spacial score (nSPS) is 12.9. The fraction of sp³-hybridized carbons (Fsp3) is 0.0400. The molecule has 8 N–H and O–H groups in total. The Labute approximate surface area is 579 Å². The molecule has 0 spiro atoms. The molecule has 4 aliphatic rings. The van der Waals surface area contributed by atoms with E-state index in [1.165, 1.54) is 12.1 Å². The Morgan fingerprint density at radius 1 is 0.416 bits per heavy atom. The van der Waals surface area contributed by atoms with Gasteiger partial charge in [-0.1, -0.05) is 157 Å². The van der Waals surface area contributed by atoms with Crippen molar-refractivity contribution in [2.45, 2.75) is 0 Å². The lowest BCUT2D eigenvalue weighted by Gasteiger charge is -2.13. The summed E-state index contributed by atoms with van der Waals surface area (Å²) in [5, 5.41) is 52.8. The van der Waals surface area contributed by atoms with Gasteiger partial charge >= 0.3 is 0 Å². The van der Waals surface area contributed by atoms with Gasteiger partial charge in [-0.2, -0.15) is 0 Å². The molecular weight excluding hydrogens is 1340 g/mol. The number of aromatic hydroxyl groups is 4. The van der Waals surface area contributed by atoms with E-state index in [1.807, 2.05) is 122 Å². The number of carbonyl (C=O) groups is 4. The van der Waals surface area contributed by atoms with Crippen LogP contribution in [0.2, 0.25) is 10.0 Å². The van der Waals surface area contributed by atoms with Crippen LogP contribution in [0.5, 0.6) is 29.3 Å². The van der Waals surface area contributed by atoms with Crippen LogP contribution in [-0.2, 0) is 0 Å². The van der Waals surface area contributed by atoms with E-state index in [4.69, 9.17) is 27.9 Å². The molecule has 0 unspecified atom stereocenters. The number of halogens is 5. The molecule has 8 aromatic carbocycles. The molecule has 0 atom stereocenters. The van der Waals surface area contributed by atoms with Gasteiger partial charge in [-0.3, -0.25) is 29.3 Å². The highest BCUT2D eigenvalue weighted by atomic mass is 35.5. The summed E-state index contributed by atoms with van der Waals surface area (Å²) >= 11 is 12.2. The number of anilines is 1. The Kier molecular flexibility index (Phi) is 17.8. The monoisotopic (exact) mass is 1390 g/mol. The van der Waals surface area contributed by atoms with E-state index in [0.717, 1.165) is 34.0 Å². The third-order valence-corrected chi connectivity index (χ3v) is 17.4. The first-order chi connectivity index (χ1) is 48.6. The summed E-state index contributed by atoms with van der Waals surface area (Å²) in [7, 11) is 5.50. The Hall–Kier alpha value is -13.2. The van der Waals surface area contributed by atoms with E-state index in [9.17, 15) is 62.9 Å². The van der Waals surface area contributed by atoms with Crippen LogP contribution in [0.1, 0.15) is 85.9 Å². The maximum atomic E-state index is 14.1. The molecule has 4 aliphatic heterocycles. The molecule has 0 saturated carbocycles. The molecule has 0 aliphatic carbocycles. The second-order valence-corrected chi connectivity index (χ2v) is 23.6. The van der Waals surface area contributed by atoms with Gasteiger partial charge < -0.3 is 50.0 Å². The van der Waals surface area contributed by atoms with Crippen LogP contribution in [0.25, 0.3) is 45.0 Å². The second kappa shape index (κ2) is 27.0. The maximum absolute atomic E-state index is 14.1. The number of nitrogens with zero attached hydrogens (tertiary/aromatic N) is 6. The number of rotatable bonds is 11. The molecule has 0 fully saturated rings. The quantitative estimate of drug-likeness (QED) is 0.0340. The largest absolute Gasteiger partial charge is 0.497 e. The van der Waals surface area contributed by atoms with Crippen LogP contribution in [0.4, 0.5) is 24.5 Å². The number of nitrogens with one attached hydrogen (secondary N) is 4. The van der Waals surface area contributed by atoms with E-state index >= 15 is 0 Å². The third-order valence-electron chi connectivity index (χ3n) is 16.6. The van der Waals surface area contributed by atoms with E-state index < -0.39 is 51.3 Å². The van der Waals surface area contributed by atoms with Gasteiger partial charge in [-0.05, 0) is 71.3 Å². The number of fused-ring (bicyclic) bond motifs is 4. The van der Waals surface area contributed by atoms with Crippen LogP contribution in [-0.4, -0.2) is 113 Å². The smallest absolute Gasteiger partial charge is 0.280 e. The standard InChI is InChI=1S/C20H17N3O2.C19H14N2O3.C18H9Cl2N3O4.C18H9F3N2O2/c1-23(2)14-10-6-9-13(11-14)18-16-15(19(24)22-18)17(21-20(16)25)12-7-4-3-5-8-12;1-24-13-9-7-12(8-10-13)17-15-14(18(22)21-17)16(20-19(15)23)11-5-3-2-4-6-11;19-9-6-7-10(23(26)27)11(14(9)20)16-13-12(17(24)22-16)15(21-18(13)25)8-4-2-1-3-5-8;19-9-6-7-10(20)14(21)11(9)16-13-12(17(24)23-16)15(22-18(13)25)8-4-2-1-3-5-8/h3-11,22,24H,1-2H3;2-10,20,23H,1H3;1-7,21,25H;1-7,22,25H. The minimum Gasteiger partial charge on any atom is -0.497 e. The highest BCUT2D eigenvalue weighted by Crippen LogP contribution is 2.45. The number of aromatic amines is 4. The van der Waals surface area contributed by atoms with Gasteiger partial charge in [0.05, 0.1) is 123 Å². The summed E-state index contributed by atoms with van der Waals surface area (Å²) in [4.78, 5) is 89.8. The van der Waals surface area contributed by atoms with Crippen molar-refractivity contribution in [1.29, 1.82) is 0 Å². The first-order valence-electron chi connectivity index (χ1n) is 30.4. The number of aliphatic imine (C=N–C) groups is 4. The SMILES string of the molecule is CN(C)c1cccc(-c2[nH]c(O)c3c2C(=O)N=C3c2ccccc2)c1.COc1ccc(C2=NC(=O)c3c(-c4ccccc4)[nH]c(O)c32)cc1.O=C1N=C(c2c(F)ccc(F)c2F)c2c(O)[nH]c(-c3ccccc3)c21.O=C1N=C(c2c([N+](=O)[O-])ccc(Cl)c2Cl)c2c(O)[nH]c(-c3ccccc3)c21. The number of H-pyrrole nitrogens is 4. The van der Waals surface area contributed by atoms with Gasteiger partial charge in [0.15, 0.2) is 35.2 Å². The lowest BCUT2D eigenvalue weighted by Crippen LogP contribution is -2.08. The van der Waals surface area contributed by atoms with Gasteiger partial charge in [0.25, 0.3) is 29.3 Å². The van der Waals surface area contributed by atoms with Gasteiger partial charge in [-0.25, -0.2) is 33.1 Å². The van der Waals surface area contributed by atoms with Crippen LogP contribution in [0, 0.1) is 27.6 Å². The van der Waals surface area contributed by atoms with Crippen molar-refractivity contribution in [3.05, 3.63) is 298 Å². The van der Waals surface area contributed by atoms with Gasteiger partial charge in [0.2, 0.25) is 0 Å². The van der Waals surface area contributed by atoms with Crippen molar-refractivity contribution < 1.29 is 62.4 Å². The molecule has 101 heavy (non-hydrogen) atoms. The number of aromatic nitrogens is 4. The number of benzene rings is 8. The average Bonchev–Trinajstić information content (AvgIpc) is 1.60. The van der Waals surface area contributed by atoms with Crippen molar-refractivity contribution >= 4 is 81.1 Å². The van der Waals surface area contributed by atoms with E-state index in [1.54, 1.807) is 73.8 Å². The second-order valence-electron chi connectivity index (χ2n) is 22.8. The predicted molar refractivity (Wildman–Crippen MR) is 375 cm³/mol. The number of hydrogen-bond donors (Lipinski definition) is 8. The number of amides is 4. The lowest BCUT2D eigenvalue weighted by atomic mass is 9.99. The zero-order valence-corrected chi connectivity index (χ0v) is 54.2. The first-order valence-corrected chi connectivity index (χ1v) is 31.1. The van der Waals surface area contributed by atoms with Gasteiger partial charge in [-0.15, -0.1) is 0 Å². The van der Waals surface area contributed by atoms with E-state index in [-0.39, 0.29) is 84.4 Å². The van der Waals surface area contributed by atoms with Crippen molar-refractivity contribution in [3.8, 4) is 74.3 Å². The van der Waals surface area contributed by atoms with E-state index in [2.05, 4.69) is 39.9 Å². The molecule has 0 radical (unpaired) electrons. The summed E-state index contributed by atoms with van der Waals surface area (Å²) in [5.74, 6) is -6.11. The summed E-state index contributed by atoms with van der Waals surface area (Å²) in [6.07, 6.45) is 0. The molecule has 4 aromatic heterocycles. The summed E-state index contributed by atoms with van der Waals surface area (Å²) in [6, 6.07) is 55.2. The molecule has 4 amide bonds. The Morgan fingerprint density at radius 2 is 0.772 bits per heavy atom. The fourth-order valence-corrected chi connectivity index (χ4v) is 12.4. The first kappa shape index (κ1) is 66.4. The van der Waals surface area contributed by atoms with Crippen molar-refractivity contribution in [1.82, 2.24) is 19.9 Å². The summed E-state index contributed by atoms with van der Waals surface area (Å²) in [6.45, 7) is 0. The molecule has 26 heteroatoms. The van der Waals surface area contributed by atoms with E-state index in [0.29, 0.717) is 73.7 Å². The molecule has 0 saturated heterocycles. The predicted octanol–water partition coefficient (Wildman–Crippen LogP) is 15.2. The van der Waals surface area contributed by atoms with Gasteiger partial charge in [0.1, 0.15) is 11.6 Å². The number of methoxy groups -OCH3 is 1. The zero-order chi connectivity index (χ0) is 71.2.